The first kappa shape index (κ1) is 14.7. The molecule has 0 saturated carbocycles. The molecule has 0 aliphatic rings. The summed E-state index contributed by atoms with van der Waals surface area (Å²) in [6, 6.07) is 13.7. The number of rotatable bonds is 5. The average Bonchev–Trinajstić information content (AvgIpc) is 2.46. The molecule has 0 unspecified atom stereocenters. The molecule has 0 radical (unpaired) electrons. The highest BCUT2D eigenvalue weighted by atomic mass is 16.6. The van der Waals surface area contributed by atoms with E-state index in [1.54, 1.807) is 18.3 Å². The van der Waals surface area contributed by atoms with E-state index < -0.39 is 4.92 Å². The third kappa shape index (κ3) is 4.42. The summed E-state index contributed by atoms with van der Waals surface area (Å²) in [6.45, 7) is 3.94. The third-order valence-electron chi connectivity index (χ3n) is 2.66. The molecule has 0 fully saturated rings. The lowest BCUT2D eigenvalue weighted by Gasteiger charge is -2.09. The van der Waals surface area contributed by atoms with Crippen LogP contribution in [0.5, 0.6) is 5.75 Å². The van der Waals surface area contributed by atoms with E-state index in [2.05, 4.69) is 4.99 Å². The number of non-ortho nitro benzene ring substituents is 1. The smallest absolute Gasteiger partial charge is 0.271 e. The Kier molecular flexibility index (Phi) is 4.66. The predicted octanol–water partition coefficient (Wildman–Crippen LogP) is 4.13. The van der Waals surface area contributed by atoms with E-state index in [0.717, 1.165) is 11.3 Å². The molecule has 0 heterocycles. The summed E-state index contributed by atoms with van der Waals surface area (Å²) in [7, 11) is 0. The van der Waals surface area contributed by atoms with E-state index >= 15 is 0 Å². The first-order valence-electron chi connectivity index (χ1n) is 6.60. The Labute approximate surface area is 123 Å². The van der Waals surface area contributed by atoms with Crippen LogP contribution < -0.4 is 4.74 Å². The van der Waals surface area contributed by atoms with Crippen molar-refractivity contribution in [1.29, 1.82) is 0 Å². The van der Waals surface area contributed by atoms with Crippen molar-refractivity contribution in [3.05, 3.63) is 64.2 Å². The topological polar surface area (TPSA) is 64.7 Å². The van der Waals surface area contributed by atoms with Crippen LogP contribution in [0.25, 0.3) is 0 Å². The molecule has 5 nitrogen and oxygen atoms in total. The minimum atomic E-state index is -0.433. The normalized spacial score (nSPS) is 11.0. The summed E-state index contributed by atoms with van der Waals surface area (Å²) in [5.74, 6) is 0.803. The number of hydrogen-bond acceptors (Lipinski definition) is 4. The number of nitro benzene ring substituents is 1. The Bertz CT molecular complexity index is 649. The monoisotopic (exact) mass is 284 g/mol. The van der Waals surface area contributed by atoms with Crippen LogP contribution in [0.2, 0.25) is 0 Å². The van der Waals surface area contributed by atoms with Crippen molar-refractivity contribution < 1.29 is 9.66 Å². The maximum atomic E-state index is 10.7. The average molecular weight is 284 g/mol. The number of hydrogen-bond donors (Lipinski definition) is 0. The molecule has 0 bridgehead atoms. The van der Waals surface area contributed by atoms with Gasteiger partial charge in [0, 0.05) is 18.3 Å². The van der Waals surface area contributed by atoms with E-state index in [1.807, 2.05) is 38.1 Å². The molecule has 21 heavy (non-hydrogen) atoms. The molecule has 0 aliphatic heterocycles. The van der Waals surface area contributed by atoms with Gasteiger partial charge >= 0.3 is 0 Å². The maximum Gasteiger partial charge on any atom is 0.271 e. The predicted molar refractivity (Wildman–Crippen MR) is 82.6 cm³/mol. The number of ether oxygens (including phenoxy) is 1. The lowest BCUT2D eigenvalue weighted by Crippen LogP contribution is -2.05. The summed E-state index contributed by atoms with van der Waals surface area (Å²) in [6.07, 6.45) is 1.80. The highest BCUT2D eigenvalue weighted by Gasteiger charge is 2.04. The zero-order valence-electron chi connectivity index (χ0n) is 11.9. The maximum absolute atomic E-state index is 10.7. The van der Waals surface area contributed by atoms with E-state index in [0.29, 0.717) is 5.69 Å². The first-order valence-corrected chi connectivity index (χ1v) is 6.60. The highest BCUT2D eigenvalue weighted by Crippen LogP contribution is 2.20. The van der Waals surface area contributed by atoms with Crippen molar-refractivity contribution in [2.24, 2.45) is 4.99 Å². The second kappa shape index (κ2) is 6.65. The second-order valence-corrected chi connectivity index (χ2v) is 4.77. The summed E-state index contributed by atoms with van der Waals surface area (Å²) in [5.41, 5.74) is 1.48. The van der Waals surface area contributed by atoms with Crippen LogP contribution in [0.15, 0.2) is 53.5 Å². The van der Waals surface area contributed by atoms with Crippen molar-refractivity contribution >= 4 is 17.6 Å². The summed E-state index contributed by atoms with van der Waals surface area (Å²) >= 11 is 0. The number of aliphatic imine (C=N–C) groups is 1. The molecule has 2 aromatic rings. The Hall–Kier alpha value is -2.69. The lowest BCUT2D eigenvalue weighted by atomic mass is 10.2. The molecular weight excluding hydrogens is 268 g/mol. The first-order chi connectivity index (χ1) is 10.0. The standard InChI is InChI=1S/C16H16N2O3/c1-12(2)21-16-8-6-13(7-9-16)11-17-14-4-3-5-15(10-14)18(19)20/h3-12H,1-2H3. The van der Waals surface area contributed by atoms with E-state index in [1.165, 1.54) is 12.1 Å². The van der Waals surface area contributed by atoms with Crippen LogP contribution in [-0.4, -0.2) is 17.2 Å². The third-order valence-corrected chi connectivity index (χ3v) is 2.66. The van der Waals surface area contributed by atoms with Gasteiger partial charge in [0.25, 0.3) is 5.69 Å². The van der Waals surface area contributed by atoms with Crippen LogP contribution in [0.4, 0.5) is 11.4 Å². The largest absolute Gasteiger partial charge is 0.491 e. The summed E-state index contributed by atoms with van der Waals surface area (Å²) in [4.78, 5) is 14.5. The van der Waals surface area contributed by atoms with Gasteiger partial charge in [-0.2, -0.15) is 0 Å². The van der Waals surface area contributed by atoms with Crippen molar-refractivity contribution in [2.75, 3.05) is 0 Å². The van der Waals surface area contributed by atoms with Crippen LogP contribution in [0.1, 0.15) is 19.4 Å². The quantitative estimate of drug-likeness (QED) is 0.471. The van der Waals surface area contributed by atoms with Gasteiger partial charge in [-0.3, -0.25) is 15.1 Å². The molecule has 0 aromatic heterocycles. The molecule has 0 saturated heterocycles. The molecule has 0 atom stereocenters. The molecule has 0 spiro atoms. The Morgan fingerprint density at radius 3 is 2.52 bits per heavy atom. The van der Waals surface area contributed by atoms with E-state index in [9.17, 15) is 10.1 Å². The summed E-state index contributed by atoms with van der Waals surface area (Å²) < 4.78 is 5.55. The minimum absolute atomic E-state index is 0.0327. The molecule has 108 valence electrons. The molecule has 0 amide bonds. The van der Waals surface area contributed by atoms with E-state index in [-0.39, 0.29) is 11.8 Å². The number of benzene rings is 2. The molecule has 0 N–H and O–H groups in total. The van der Waals surface area contributed by atoms with Gasteiger partial charge in [0.1, 0.15) is 5.75 Å². The molecule has 2 aromatic carbocycles. The van der Waals surface area contributed by atoms with Crippen molar-refractivity contribution in [3.63, 3.8) is 0 Å². The SMILES string of the molecule is CC(C)Oc1ccc(C=Nc2cccc([N+](=O)[O-])c2)cc1. The number of nitro groups is 1. The summed E-state index contributed by atoms with van der Waals surface area (Å²) in [5, 5.41) is 10.7. The van der Waals surface area contributed by atoms with Crippen LogP contribution >= 0.6 is 0 Å². The number of nitrogens with zero attached hydrogens (tertiary/aromatic N) is 2. The van der Waals surface area contributed by atoms with Crippen molar-refractivity contribution in [3.8, 4) is 5.75 Å². The zero-order valence-corrected chi connectivity index (χ0v) is 11.9. The van der Waals surface area contributed by atoms with Gasteiger partial charge in [-0.25, -0.2) is 0 Å². The van der Waals surface area contributed by atoms with Crippen molar-refractivity contribution in [2.45, 2.75) is 20.0 Å². The fourth-order valence-corrected chi connectivity index (χ4v) is 1.74. The van der Waals surface area contributed by atoms with Crippen LogP contribution in [0.3, 0.4) is 0 Å². The van der Waals surface area contributed by atoms with Gasteiger partial charge in [-0.15, -0.1) is 0 Å². The zero-order chi connectivity index (χ0) is 15.2. The van der Waals surface area contributed by atoms with Gasteiger partial charge in [0.15, 0.2) is 0 Å². The Balaban J connectivity index is 2.10. The lowest BCUT2D eigenvalue weighted by molar-refractivity contribution is -0.384. The van der Waals surface area contributed by atoms with E-state index in [4.69, 9.17) is 4.74 Å². The highest BCUT2D eigenvalue weighted by molar-refractivity contribution is 5.82. The fourth-order valence-electron chi connectivity index (χ4n) is 1.74. The Morgan fingerprint density at radius 2 is 1.90 bits per heavy atom. The second-order valence-electron chi connectivity index (χ2n) is 4.77. The van der Waals surface area contributed by atoms with Gasteiger partial charge < -0.3 is 4.74 Å². The van der Waals surface area contributed by atoms with Gasteiger partial charge in [0.05, 0.1) is 16.7 Å². The van der Waals surface area contributed by atoms with Crippen LogP contribution in [-0.2, 0) is 0 Å². The fraction of sp³-hybridized carbons (Fsp3) is 0.188. The van der Waals surface area contributed by atoms with Gasteiger partial charge in [0.2, 0.25) is 0 Å². The molecule has 0 aliphatic carbocycles. The molecule has 5 heteroatoms. The van der Waals surface area contributed by atoms with Crippen LogP contribution in [0, 0.1) is 10.1 Å². The van der Waals surface area contributed by atoms with Gasteiger partial charge in [-0.05, 0) is 49.7 Å². The van der Waals surface area contributed by atoms with Crippen molar-refractivity contribution in [1.82, 2.24) is 0 Å². The Morgan fingerprint density at radius 1 is 1.19 bits per heavy atom. The van der Waals surface area contributed by atoms with Gasteiger partial charge in [-0.1, -0.05) is 6.07 Å². The molecule has 2 rings (SSSR count). The molecular formula is C16H16N2O3. The minimum Gasteiger partial charge on any atom is -0.491 e.